The van der Waals surface area contributed by atoms with Crippen LogP contribution in [0.3, 0.4) is 0 Å². The minimum Gasteiger partial charge on any atom is -0.353 e. The summed E-state index contributed by atoms with van der Waals surface area (Å²) >= 11 is 1.39. The SMILES string of the molecule is CCC1C(=O)NCCN1C(=O)c1cc2c(C)nn(Cc3ccc(F)cc3)c2s1. The molecule has 1 saturated heterocycles. The molecule has 1 aromatic carbocycles. The summed E-state index contributed by atoms with van der Waals surface area (Å²) < 4.78 is 15.0. The first-order chi connectivity index (χ1) is 13.5. The fourth-order valence-electron chi connectivity index (χ4n) is 3.59. The Morgan fingerprint density at radius 1 is 1.36 bits per heavy atom. The van der Waals surface area contributed by atoms with Crippen molar-refractivity contribution in [2.75, 3.05) is 13.1 Å². The minimum absolute atomic E-state index is 0.0955. The van der Waals surface area contributed by atoms with Gasteiger partial charge in [-0.15, -0.1) is 11.3 Å². The topological polar surface area (TPSA) is 67.2 Å². The Labute approximate surface area is 165 Å². The summed E-state index contributed by atoms with van der Waals surface area (Å²) in [7, 11) is 0. The molecule has 1 unspecified atom stereocenters. The Morgan fingerprint density at radius 3 is 2.82 bits per heavy atom. The number of fused-ring (bicyclic) bond motifs is 1. The maximum atomic E-state index is 13.1. The summed E-state index contributed by atoms with van der Waals surface area (Å²) in [6, 6.07) is 7.76. The van der Waals surface area contributed by atoms with Crippen molar-refractivity contribution in [1.29, 1.82) is 0 Å². The fourth-order valence-corrected chi connectivity index (χ4v) is 4.71. The molecule has 3 heterocycles. The highest BCUT2D eigenvalue weighted by molar-refractivity contribution is 7.20. The molecule has 1 aliphatic rings. The van der Waals surface area contributed by atoms with E-state index in [2.05, 4.69) is 10.4 Å². The van der Waals surface area contributed by atoms with E-state index >= 15 is 0 Å². The Bertz CT molecular complexity index is 1040. The number of carbonyl (C=O) groups is 2. The third kappa shape index (κ3) is 3.28. The number of piperazine rings is 1. The maximum Gasteiger partial charge on any atom is 0.264 e. The van der Waals surface area contributed by atoms with Gasteiger partial charge >= 0.3 is 0 Å². The molecule has 146 valence electrons. The van der Waals surface area contributed by atoms with Crippen molar-refractivity contribution < 1.29 is 14.0 Å². The second kappa shape index (κ2) is 7.35. The highest BCUT2D eigenvalue weighted by Gasteiger charge is 2.33. The number of aromatic nitrogens is 2. The quantitative estimate of drug-likeness (QED) is 0.732. The Hall–Kier alpha value is -2.74. The standard InChI is InChI=1S/C20H21FN4O2S/c1-3-16-18(26)22-8-9-24(16)19(27)17-10-15-12(2)23-25(20(15)28-17)11-13-4-6-14(21)7-5-13/h4-7,10,16H,3,8-9,11H2,1-2H3,(H,22,26). The highest BCUT2D eigenvalue weighted by atomic mass is 32.1. The lowest BCUT2D eigenvalue weighted by molar-refractivity contribution is -0.127. The molecule has 8 heteroatoms. The highest BCUT2D eigenvalue weighted by Crippen LogP contribution is 2.30. The largest absolute Gasteiger partial charge is 0.353 e. The molecule has 1 fully saturated rings. The van der Waals surface area contributed by atoms with Gasteiger partial charge in [-0.25, -0.2) is 4.39 Å². The van der Waals surface area contributed by atoms with Gasteiger partial charge in [-0.2, -0.15) is 5.10 Å². The number of rotatable bonds is 4. The van der Waals surface area contributed by atoms with E-state index in [0.717, 1.165) is 21.5 Å². The second-order valence-corrected chi connectivity index (χ2v) is 7.94. The molecule has 28 heavy (non-hydrogen) atoms. The lowest BCUT2D eigenvalue weighted by Crippen LogP contribution is -2.56. The number of nitrogens with one attached hydrogen (secondary N) is 1. The van der Waals surface area contributed by atoms with Crippen LogP contribution in [0, 0.1) is 12.7 Å². The summed E-state index contributed by atoms with van der Waals surface area (Å²) in [5.74, 6) is -0.483. The number of benzene rings is 1. The monoisotopic (exact) mass is 400 g/mol. The van der Waals surface area contributed by atoms with Gasteiger partial charge < -0.3 is 10.2 Å². The number of carbonyl (C=O) groups excluding carboxylic acids is 2. The molecule has 0 aliphatic carbocycles. The van der Waals surface area contributed by atoms with Crippen LogP contribution in [0.1, 0.15) is 34.3 Å². The summed E-state index contributed by atoms with van der Waals surface area (Å²) in [5, 5.41) is 8.32. The zero-order valence-electron chi connectivity index (χ0n) is 15.7. The molecule has 6 nitrogen and oxygen atoms in total. The van der Waals surface area contributed by atoms with Crippen LogP contribution in [0.2, 0.25) is 0 Å². The third-order valence-corrected chi connectivity index (χ3v) is 6.18. The molecule has 4 rings (SSSR count). The van der Waals surface area contributed by atoms with E-state index in [1.807, 2.05) is 24.6 Å². The van der Waals surface area contributed by atoms with Crippen LogP contribution in [-0.2, 0) is 11.3 Å². The van der Waals surface area contributed by atoms with Gasteiger partial charge in [0.15, 0.2) is 0 Å². The van der Waals surface area contributed by atoms with Crippen LogP contribution in [0.4, 0.5) is 4.39 Å². The van der Waals surface area contributed by atoms with Crippen molar-refractivity contribution in [3.05, 3.63) is 52.3 Å². The number of hydrogen-bond acceptors (Lipinski definition) is 4. The molecule has 0 spiro atoms. The lowest BCUT2D eigenvalue weighted by Gasteiger charge is -2.34. The number of nitrogens with zero attached hydrogens (tertiary/aromatic N) is 3. The van der Waals surface area contributed by atoms with Gasteiger partial charge in [0.25, 0.3) is 5.91 Å². The molecule has 2 aromatic heterocycles. The average Bonchev–Trinajstić information content (AvgIpc) is 3.24. The Balaban J connectivity index is 1.65. The van der Waals surface area contributed by atoms with E-state index in [9.17, 15) is 14.0 Å². The van der Waals surface area contributed by atoms with Gasteiger partial charge in [-0.05, 0) is 37.1 Å². The molecule has 1 N–H and O–H groups in total. The van der Waals surface area contributed by atoms with Gasteiger partial charge in [0, 0.05) is 18.5 Å². The number of aryl methyl sites for hydroxylation is 1. The first-order valence-electron chi connectivity index (χ1n) is 9.28. The predicted octanol–water partition coefficient (Wildman–Crippen LogP) is 2.94. The van der Waals surface area contributed by atoms with Crippen molar-refractivity contribution in [3.8, 4) is 0 Å². The summed E-state index contributed by atoms with van der Waals surface area (Å²) in [5.41, 5.74) is 1.78. The summed E-state index contributed by atoms with van der Waals surface area (Å²) in [6.07, 6.45) is 0.583. The molecule has 0 radical (unpaired) electrons. The molecule has 0 saturated carbocycles. The van der Waals surface area contributed by atoms with Crippen LogP contribution in [-0.4, -0.2) is 45.6 Å². The number of halogens is 1. The molecular weight excluding hydrogens is 379 g/mol. The first-order valence-corrected chi connectivity index (χ1v) is 10.1. The van der Waals surface area contributed by atoms with E-state index < -0.39 is 6.04 Å². The third-order valence-electron chi connectivity index (χ3n) is 5.04. The van der Waals surface area contributed by atoms with E-state index in [-0.39, 0.29) is 17.6 Å². The first kappa shape index (κ1) is 18.6. The zero-order chi connectivity index (χ0) is 19.8. The van der Waals surface area contributed by atoms with Gasteiger partial charge in [-0.3, -0.25) is 14.3 Å². The van der Waals surface area contributed by atoms with Crippen molar-refractivity contribution >= 4 is 33.4 Å². The van der Waals surface area contributed by atoms with Crippen molar-refractivity contribution in [3.63, 3.8) is 0 Å². The van der Waals surface area contributed by atoms with Gasteiger partial charge in [-0.1, -0.05) is 19.1 Å². The van der Waals surface area contributed by atoms with Crippen molar-refractivity contribution in [2.45, 2.75) is 32.9 Å². The second-order valence-electron chi connectivity index (χ2n) is 6.91. The smallest absolute Gasteiger partial charge is 0.264 e. The van der Waals surface area contributed by atoms with E-state index in [1.165, 1.54) is 23.5 Å². The molecule has 2 amide bonds. The van der Waals surface area contributed by atoms with Crippen molar-refractivity contribution in [1.82, 2.24) is 20.0 Å². The van der Waals surface area contributed by atoms with E-state index in [4.69, 9.17) is 0 Å². The van der Waals surface area contributed by atoms with Crippen molar-refractivity contribution in [2.24, 2.45) is 0 Å². The fraction of sp³-hybridized carbons (Fsp3) is 0.350. The Morgan fingerprint density at radius 2 is 2.11 bits per heavy atom. The van der Waals surface area contributed by atoms with Crippen LogP contribution >= 0.6 is 11.3 Å². The zero-order valence-corrected chi connectivity index (χ0v) is 16.6. The lowest BCUT2D eigenvalue weighted by atomic mass is 10.1. The van der Waals surface area contributed by atoms with Gasteiger partial charge in [0.05, 0.1) is 17.1 Å². The molecule has 1 atom stereocenters. The summed E-state index contributed by atoms with van der Waals surface area (Å²) in [4.78, 5) is 28.3. The van der Waals surface area contributed by atoms with E-state index in [1.54, 1.807) is 17.0 Å². The summed E-state index contributed by atoms with van der Waals surface area (Å²) in [6.45, 7) is 5.31. The number of thiophene rings is 1. The van der Waals surface area contributed by atoms with Gasteiger partial charge in [0.1, 0.15) is 16.7 Å². The average molecular weight is 400 g/mol. The predicted molar refractivity (Wildman–Crippen MR) is 106 cm³/mol. The van der Waals surface area contributed by atoms with Crippen LogP contribution in [0.5, 0.6) is 0 Å². The molecule has 0 bridgehead atoms. The Kier molecular flexibility index (Phi) is 4.89. The minimum atomic E-state index is -0.428. The van der Waals surface area contributed by atoms with Crippen LogP contribution in [0.25, 0.3) is 10.2 Å². The normalized spacial score (nSPS) is 17.2. The molecule has 1 aliphatic heterocycles. The molecule has 3 aromatic rings. The van der Waals surface area contributed by atoms with Crippen LogP contribution in [0.15, 0.2) is 30.3 Å². The molecular formula is C20H21FN4O2S. The van der Waals surface area contributed by atoms with Gasteiger partial charge in [0.2, 0.25) is 5.91 Å². The number of amides is 2. The maximum absolute atomic E-state index is 13.1. The number of hydrogen-bond donors (Lipinski definition) is 1. The van der Waals surface area contributed by atoms with E-state index in [0.29, 0.717) is 30.9 Å². The van der Waals surface area contributed by atoms with Crippen LogP contribution < -0.4 is 5.32 Å².